The Morgan fingerprint density at radius 1 is 1.30 bits per heavy atom. The predicted octanol–water partition coefficient (Wildman–Crippen LogP) is 3.02. The molecular formula is C16H15N3O. The Kier molecular flexibility index (Phi) is 4.11. The first kappa shape index (κ1) is 13.8. The van der Waals surface area contributed by atoms with Crippen LogP contribution in [0.5, 0.6) is 0 Å². The summed E-state index contributed by atoms with van der Waals surface area (Å²) in [6.07, 6.45) is 1.74. The second kappa shape index (κ2) is 5.98. The number of hydrogen-bond acceptors (Lipinski definition) is 3. The summed E-state index contributed by atoms with van der Waals surface area (Å²) in [6, 6.07) is 11.2. The summed E-state index contributed by atoms with van der Waals surface area (Å²) in [6.45, 7) is 3.96. The second-order valence-corrected chi connectivity index (χ2v) is 4.64. The quantitative estimate of drug-likeness (QED) is 0.927. The van der Waals surface area contributed by atoms with Crippen molar-refractivity contribution in [3.05, 3.63) is 58.9 Å². The van der Waals surface area contributed by atoms with E-state index in [2.05, 4.69) is 10.3 Å². The van der Waals surface area contributed by atoms with E-state index < -0.39 is 0 Å². The molecule has 0 radical (unpaired) electrons. The van der Waals surface area contributed by atoms with Crippen molar-refractivity contribution in [2.75, 3.05) is 5.32 Å². The number of nitrogens with zero attached hydrogens (tertiary/aromatic N) is 2. The molecule has 0 aliphatic heterocycles. The first-order valence-electron chi connectivity index (χ1n) is 6.30. The summed E-state index contributed by atoms with van der Waals surface area (Å²) in [5.41, 5.74) is 4.07. The van der Waals surface area contributed by atoms with Crippen LogP contribution in [0, 0.1) is 25.2 Å². The Bertz CT molecular complexity index is 686. The minimum Gasteiger partial charge on any atom is -0.322 e. The number of anilines is 1. The molecule has 2 rings (SSSR count). The number of nitrogens with one attached hydrogen (secondary N) is 1. The van der Waals surface area contributed by atoms with Crippen molar-refractivity contribution < 1.29 is 4.79 Å². The largest absolute Gasteiger partial charge is 0.322 e. The lowest BCUT2D eigenvalue weighted by Crippen LogP contribution is -2.13. The minimum atomic E-state index is -0.196. The smallest absolute Gasteiger partial charge is 0.255 e. The summed E-state index contributed by atoms with van der Waals surface area (Å²) >= 11 is 0. The highest BCUT2D eigenvalue weighted by atomic mass is 16.1. The molecule has 4 nitrogen and oxygen atoms in total. The third-order valence-electron chi connectivity index (χ3n) is 2.97. The van der Waals surface area contributed by atoms with E-state index in [4.69, 9.17) is 5.26 Å². The van der Waals surface area contributed by atoms with Gasteiger partial charge in [0.15, 0.2) is 0 Å². The molecule has 0 aliphatic rings. The van der Waals surface area contributed by atoms with Crippen LogP contribution in [0.15, 0.2) is 36.5 Å². The molecule has 1 aromatic heterocycles. The number of nitriles is 1. The number of carbonyl (C=O) groups is 1. The molecule has 1 heterocycles. The van der Waals surface area contributed by atoms with Gasteiger partial charge in [0.05, 0.1) is 18.2 Å². The molecule has 2 aromatic rings. The minimum absolute atomic E-state index is 0.196. The van der Waals surface area contributed by atoms with Crippen molar-refractivity contribution in [2.45, 2.75) is 20.3 Å². The Morgan fingerprint density at radius 3 is 2.80 bits per heavy atom. The molecule has 0 spiro atoms. The fraction of sp³-hybridized carbons (Fsp3) is 0.188. The van der Waals surface area contributed by atoms with Gasteiger partial charge in [0, 0.05) is 17.4 Å². The zero-order valence-electron chi connectivity index (χ0n) is 11.5. The van der Waals surface area contributed by atoms with Gasteiger partial charge in [-0.2, -0.15) is 5.26 Å². The number of carbonyl (C=O) groups excluding carboxylic acids is 1. The number of aryl methyl sites for hydroxylation is 2. The van der Waals surface area contributed by atoms with Gasteiger partial charge in [-0.3, -0.25) is 9.78 Å². The Hall–Kier alpha value is -2.67. The Balaban J connectivity index is 2.20. The Morgan fingerprint density at radius 2 is 2.10 bits per heavy atom. The van der Waals surface area contributed by atoms with Gasteiger partial charge in [0.25, 0.3) is 5.91 Å². The maximum Gasteiger partial charge on any atom is 0.255 e. The molecule has 0 saturated carbocycles. The first-order chi connectivity index (χ1) is 9.60. The molecule has 20 heavy (non-hydrogen) atoms. The second-order valence-electron chi connectivity index (χ2n) is 4.64. The molecule has 4 heteroatoms. The molecule has 1 N–H and O–H groups in total. The van der Waals surface area contributed by atoms with E-state index in [-0.39, 0.29) is 12.3 Å². The molecule has 0 aliphatic carbocycles. The highest BCUT2D eigenvalue weighted by molar-refractivity contribution is 6.04. The van der Waals surface area contributed by atoms with E-state index in [1.165, 1.54) is 0 Å². The van der Waals surface area contributed by atoms with Gasteiger partial charge in [0.1, 0.15) is 0 Å². The van der Waals surface area contributed by atoms with E-state index >= 15 is 0 Å². The summed E-state index contributed by atoms with van der Waals surface area (Å²) < 4.78 is 0. The van der Waals surface area contributed by atoms with Gasteiger partial charge < -0.3 is 5.32 Å². The number of aromatic nitrogens is 1. The van der Waals surface area contributed by atoms with Gasteiger partial charge in [-0.25, -0.2) is 0 Å². The fourth-order valence-electron chi connectivity index (χ4n) is 1.95. The van der Waals surface area contributed by atoms with Crippen molar-refractivity contribution in [2.24, 2.45) is 0 Å². The van der Waals surface area contributed by atoms with Gasteiger partial charge >= 0.3 is 0 Å². The predicted molar refractivity (Wildman–Crippen MR) is 77.4 cm³/mol. The van der Waals surface area contributed by atoms with E-state index in [1.54, 1.807) is 18.3 Å². The third kappa shape index (κ3) is 3.21. The summed E-state index contributed by atoms with van der Waals surface area (Å²) in [7, 11) is 0. The topological polar surface area (TPSA) is 65.8 Å². The van der Waals surface area contributed by atoms with Crippen LogP contribution in [0.3, 0.4) is 0 Å². The summed E-state index contributed by atoms with van der Waals surface area (Å²) in [4.78, 5) is 16.2. The number of rotatable bonds is 3. The van der Waals surface area contributed by atoms with Gasteiger partial charge in [-0.1, -0.05) is 17.7 Å². The van der Waals surface area contributed by atoms with E-state index in [1.807, 2.05) is 38.1 Å². The lowest BCUT2D eigenvalue weighted by atomic mass is 10.1. The van der Waals surface area contributed by atoms with Crippen LogP contribution in [-0.2, 0) is 6.42 Å². The van der Waals surface area contributed by atoms with Crippen LogP contribution >= 0.6 is 0 Å². The zero-order valence-corrected chi connectivity index (χ0v) is 11.5. The standard InChI is InChI=1S/C16H15N3O/c1-11-3-4-15(12(2)9-11)19-16(20)13-6-8-18-14(10-13)5-7-17/h3-4,6,8-10H,5H2,1-2H3,(H,19,20). The van der Waals surface area contributed by atoms with E-state index in [0.717, 1.165) is 16.8 Å². The molecule has 1 amide bonds. The third-order valence-corrected chi connectivity index (χ3v) is 2.97. The van der Waals surface area contributed by atoms with Gasteiger partial charge in [0.2, 0.25) is 0 Å². The van der Waals surface area contributed by atoms with Crippen molar-refractivity contribution in [3.8, 4) is 6.07 Å². The van der Waals surface area contributed by atoms with Crippen LogP contribution in [0.1, 0.15) is 27.2 Å². The summed E-state index contributed by atoms with van der Waals surface area (Å²) in [5, 5.41) is 11.5. The highest BCUT2D eigenvalue weighted by Crippen LogP contribution is 2.17. The van der Waals surface area contributed by atoms with Crippen LogP contribution in [0.2, 0.25) is 0 Å². The first-order valence-corrected chi connectivity index (χ1v) is 6.30. The average Bonchev–Trinajstić information content (AvgIpc) is 2.42. The van der Waals surface area contributed by atoms with Gasteiger partial charge in [-0.05, 0) is 37.6 Å². The van der Waals surface area contributed by atoms with E-state index in [0.29, 0.717) is 11.3 Å². The molecule has 0 atom stereocenters. The molecule has 100 valence electrons. The maximum absolute atomic E-state index is 12.2. The molecule has 0 unspecified atom stereocenters. The zero-order chi connectivity index (χ0) is 14.5. The van der Waals surface area contributed by atoms with Crippen molar-refractivity contribution in [1.82, 2.24) is 4.98 Å². The van der Waals surface area contributed by atoms with Crippen LogP contribution in [-0.4, -0.2) is 10.9 Å². The van der Waals surface area contributed by atoms with Crippen LogP contribution in [0.4, 0.5) is 5.69 Å². The number of amides is 1. The lowest BCUT2D eigenvalue weighted by Gasteiger charge is -2.09. The maximum atomic E-state index is 12.2. The van der Waals surface area contributed by atoms with Crippen molar-refractivity contribution in [1.29, 1.82) is 5.26 Å². The number of pyridine rings is 1. The monoisotopic (exact) mass is 265 g/mol. The molecular weight excluding hydrogens is 250 g/mol. The van der Waals surface area contributed by atoms with Crippen molar-refractivity contribution in [3.63, 3.8) is 0 Å². The summed E-state index contributed by atoms with van der Waals surface area (Å²) in [5.74, 6) is -0.196. The molecule has 0 bridgehead atoms. The molecule has 1 aromatic carbocycles. The van der Waals surface area contributed by atoms with Crippen LogP contribution in [0.25, 0.3) is 0 Å². The lowest BCUT2D eigenvalue weighted by molar-refractivity contribution is 0.102. The molecule has 0 saturated heterocycles. The fourth-order valence-corrected chi connectivity index (χ4v) is 1.95. The number of benzene rings is 1. The highest BCUT2D eigenvalue weighted by Gasteiger charge is 2.08. The Labute approximate surface area is 118 Å². The average molecular weight is 265 g/mol. The number of hydrogen-bond donors (Lipinski definition) is 1. The van der Waals surface area contributed by atoms with Crippen LogP contribution < -0.4 is 5.32 Å². The SMILES string of the molecule is Cc1ccc(NC(=O)c2ccnc(CC#N)c2)c(C)c1. The van der Waals surface area contributed by atoms with Gasteiger partial charge in [-0.15, -0.1) is 0 Å². The van der Waals surface area contributed by atoms with Crippen molar-refractivity contribution >= 4 is 11.6 Å². The normalized spacial score (nSPS) is 9.85. The van der Waals surface area contributed by atoms with E-state index in [9.17, 15) is 4.79 Å². The molecule has 0 fully saturated rings.